The highest BCUT2D eigenvalue weighted by molar-refractivity contribution is 5.95. The molecule has 0 aliphatic heterocycles. The Kier molecular flexibility index (Phi) is 5.07. The lowest BCUT2D eigenvalue weighted by Gasteiger charge is -2.19. The van der Waals surface area contributed by atoms with Gasteiger partial charge in [0.2, 0.25) is 0 Å². The number of aromatic carboxylic acids is 1. The lowest BCUT2D eigenvalue weighted by molar-refractivity contribution is 0.0698. The molecule has 3 N–H and O–H groups in total. The second-order valence-electron chi connectivity index (χ2n) is 7.22. The quantitative estimate of drug-likeness (QED) is 0.595. The lowest BCUT2D eigenvalue weighted by Crippen LogP contribution is -2.10. The van der Waals surface area contributed by atoms with Crippen molar-refractivity contribution in [2.24, 2.45) is 0 Å². The molecule has 6 heteroatoms. The van der Waals surface area contributed by atoms with Crippen molar-refractivity contribution in [3.63, 3.8) is 0 Å². The third-order valence-electron chi connectivity index (χ3n) is 4.11. The molecule has 2 aromatic carbocycles. The Hall–Kier alpha value is -3.41. The largest absolute Gasteiger partial charge is 0.478 e. The van der Waals surface area contributed by atoms with E-state index in [1.807, 2.05) is 12.1 Å². The molecule has 6 nitrogen and oxygen atoms in total. The van der Waals surface area contributed by atoms with Gasteiger partial charge in [0.05, 0.1) is 11.3 Å². The normalized spacial score (nSPS) is 11.1. The van der Waals surface area contributed by atoms with E-state index >= 15 is 0 Å². The van der Waals surface area contributed by atoms with Crippen molar-refractivity contribution in [2.45, 2.75) is 26.2 Å². The molecule has 0 aliphatic rings. The summed E-state index contributed by atoms with van der Waals surface area (Å²) in [7, 11) is 0. The van der Waals surface area contributed by atoms with E-state index in [0.29, 0.717) is 17.3 Å². The monoisotopic (exact) mass is 362 g/mol. The minimum Gasteiger partial charge on any atom is -0.478 e. The first-order valence-electron chi connectivity index (χ1n) is 8.62. The lowest BCUT2D eigenvalue weighted by atomic mass is 9.87. The minimum absolute atomic E-state index is 0.0993. The van der Waals surface area contributed by atoms with Crippen LogP contribution in [0, 0.1) is 0 Å². The van der Waals surface area contributed by atoms with Gasteiger partial charge < -0.3 is 15.7 Å². The van der Waals surface area contributed by atoms with Gasteiger partial charge in [-0.3, -0.25) is 0 Å². The summed E-state index contributed by atoms with van der Waals surface area (Å²) in [6.45, 7) is 6.52. The van der Waals surface area contributed by atoms with E-state index in [0.717, 1.165) is 5.69 Å². The zero-order valence-electron chi connectivity index (χ0n) is 15.5. The average molecular weight is 362 g/mol. The molecular weight excluding hydrogens is 340 g/mol. The Morgan fingerprint density at radius 1 is 0.926 bits per heavy atom. The summed E-state index contributed by atoms with van der Waals surface area (Å²) >= 11 is 0. The number of anilines is 4. The third-order valence-corrected chi connectivity index (χ3v) is 4.11. The van der Waals surface area contributed by atoms with Crippen LogP contribution in [0.3, 0.4) is 0 Å². The molecule has 0 atom stereocenters. The van der Waals surface area contributed by atoms with Gasteiger partial charge >= 0.3 is 5.97 Å². The highest BCUT2D eigenvalue weighted by Crippen LogP contribution is 2.25. The standard InChI is InChI=1S/C21H22N4O2/c1-21(2,3)14-8-10-15(11-9-14)24-18-12-19(23-13-22-18)25-17-7-5-4-6-16(17)20(26)27/h4-13H,1-3H3,(H,26,27)(H2,22,23,24,25). The van der Waals surface area contributed by atoms with E-state index in [9.17, 15) is 9.90 Å². The van der Waals surface area contributed by atoms with Crippen molar-refractivity contribution in [1.29, 1.82) is 0 Å². The summed E-state index contributed by atoms with van der Waals surface area (Å²) in [6, 6.07) is 16.6. The van der Waals surface area contributed by atoms with Crippen LogP contribution >= 0.6 is 0 Å². The van der Waals surface area contributed by atoms with Gasteiger partial charge in [0.1, 0.15) is 18.0 Å². The van der Waals surface area contributed by atoms with E-state index in [1.165, 1.54) is 11.9 Å². The topological polar surface area (TPSA) is 87.1 Å². The molecule has 0 aliphatic carbocycles. The number of benzene rings is 2. The third kappa shape index (κ3) is 4.61. The second-order valence-corrected chi connectivity index (χ2v) is 7.22. The summed E-state index contributed by atoms with van der Waals surface area (Å²) in [6.07, 6.45) is 1.43. The van der Waals surface area contributed by atoms with Gasteiger partial charge in [-0.05, 0) is 35.2 Å². The van der Waals surface area contributed by atoms with Crippen LogP contribution in [-0.2, 0) is 5.41 Å². The zero-order chi connectivity index (χ0) is 19.4. The van der Waals surface area contributed by atoms with Gasteiger partial charge in [0.25, 0.3) is 0 Å². The molecule has 0 saturated carbocycles. The van der Waals surface area contributed by atoms with E-state index < -0.39 is 5.97 Å². The van der Waals surface area contributed by atoms with Crippen molar-refractivity contribution in [3.05, 3.63) is 72.1 Å². The molecule has 1 heterocycles. The van der Waals surface area contributed by atoms with Gasteiger partial charge in [-0.1, -0.05) is 45.0 Å². The van der Waals surface area contributed by atoms with Gasteiger partial charge in [0, 0.05) is 11.8 Å². The fourth-order valence-corrected chi connectivity index (χ4v) is 2.61. The van der Waals surface area contributed by atoms with Crippen LogP contribution in [0.5, 0.6) is 0 Å². The Balaban J connectivity index is 1.77. The van der Waals surface area contributed by atoms with Gasteiger partial charge in [-0.25, -0.2) is 14.8 Å². The summed E-state index contributed by atoms with van der Waals surface area (Å²) in [5, 5.41) is 15.6. The first-order chi connectivity index (χ1) is 12.8. The maximum atomic E-state index is 11.3. The van der Waals surface area contributed by atoms with Crippen LogP contribution in [-0.4, -0.2) is 21.0 Å². The molecule has 3 rings (SSSR count). The number of carbonyl (C=O) groups is 1. The van der Waals surface area contributed by atoms with Crippen LogP contribution < -0.4 is 10.6 Å². The highest BCUT2D eigenvalue weighted by atomic mass is 16.4. The Bertz CT molecular complexity index is 947. The summed E-state index contributed by atoms with van der Waals surface area (Å²) in [5.74, 6) is 0.126. The number of nitrogens with zero attached hydrogens (tertiary/aromatic N) is 2. The maximum Gasteiger partial charge on any atom is 0.337 e. The SMILES string of the molecule is CC(C)(C)c1ccc(Nc2cc(Nc3ccccc3C(=O)O)ncn2)cc1. The molecule has 0 unspecified atom stereocenters. The molecule has 3 aromatic rings. The van der Waals surface area contributed by atoms with E-state index in [2.05, 4.69) is 53.5 Å². The molecule has 0 amide bonds. The minimum atomic E-state index is -0.996. The number of hydrogen-bond acceptors (Lipinski definition) is 5. The van der Waals surface area contributed by atoms with Crippen LogP contribution in [0.25, 0.3) is 0 Å². The average Bonchev–Trinajstić information content (AvgIpc) is 2.62. The molecule has 0 spiro atoms. The smallest absolute Gasteiger partial charge is 0.337 e. The fourth-order valence-electron chi connectivity index (χ4n) is 2.61. The number of para-hydroxylation sites is 1. The van der Waals surface area contributed by atoms with E-state index in [-0.39, 0.29) is 11.0 Å². The van der Waals surface area contributed by atoms with Crippen LogP contribution in [0.15, 0.2) is 60.9 Å². The van der Waals surface area contributed by atoms with Crippen molar-refractivity contribution in [3.8, 4) is 0 Å². The van der Waals surface area contributed by atoms with Crippen LogP contribution in [0.2, 0.25) is 0 Å². The number of nitrogens with one attached hydrogen (secondary N) is 2. The second kappa shape index (κ2) is 7.45. The van der Waals surface area contributed by atoms with Crippen LogP contribution in [0.4, 0.5) is 23.0 Å². The van der Waals surface area contributed by atoms with Crippen molar-refractivity contribution >= 4 is 29.0 Å². The number of hydrogen-bond donors (Lipinski definition) is 3. The number of rotatable bonds is 5. The Labute approximate surface area is 158 Å². The molecule has 0 bridgehead atoms. The number of aromatic nitrogens is 2. The molecule has 1 aromatic heterocycles. The van der Waals surface area contributed by atoms with Crippen molar-refractivity contribution in [1.82, 2.24) is 9.97 Å². The molecule has 138 valence electrons. The van der Waals surface area contributed by atoms with Crippen molar-refractivity contribution in [2.75, 3.05) is 10.6 Å². The molecule has 27 heavy (non-hydrogen) atoms. The first kappa shape index (κ1) is 18.4. The Morgan fingerprint density at radius 3 is 2.19 bits per heavy atom. The molecular formula is C21H22N4O2. The maximum absolute atomic E-state index is 11.3. The Morgan fingerprint density at radius 2 is 1.56 bits per heavy atom. The van der Waals surface area contributed by atoms with Crippen LogP contribution in [0.1, 0.15) is 36.7 Å². The zero-order valence-corrected chi connectivity index (χ0v) is 15.5. The first-order valence-corrected chi connectivity index (χ1v) is 8.62. The number of carboxylic acids is 1. The summed E-state index contributed by atoms with van der Waals surface area (Å²) < 4.78 is 0. The van der Waals surface area contributed by atoms with Gasteiger partial charge in [-0.2, -0.15) is 0 Å². The predicted molar refractivity (Wildman–Crippen MR) is 107 cm³/mol. The molecule has 0 fully saturated rings. The van der Waals surface area contributed by atoms with Gasteiger partial charge in [0.15, 0.2) is 0 Å². The molecule has 0 radical (unpaired) electrons. The van der Waals surface area contributed by atoms with Gasteiger partial charge in [-0.15, -0.1) is 0 Å². The van der Waals surface area contributed by atoms with E-state index in [1.54, 1.807) is 30.3 Å². The highest BCUT2D eigenvalue weighted by Gasteiger charge is 2.13. The summed E-state index contributed by atoms with van der Waals surface area (Å²) in [5.41, 5.74) is 2.93. The predicted octanol–water partition coefficient (Wildman–Crippen LogP) is 4.96. The fraction of sp³-hybridized carbons (Fsp3) is 0.190. The summed E-state index contributed by atoms with van der Waals surface area (Å²) in [4.78, 5) is 19.7. The van der Waals surface area contributed by atoms with Crippen molar-refractivity contribution < 1.29 is 9.90 Å². The van der Waals surface area contributed by atoms with E-state index in [4.69, 9.17) is 0 Å². The number of carboxylic acid groups (broad SMARTS) is 1. The molecule has 0 saturated heterocycles.